The molecule has 0 saturated carbocycles. The molecular weight excluding hydrogens is 376 g/mol. The molecule has 5 nitrogen and oxygen atoms in total. The maximum absolute atomic E-state index is 12.9. The van der Waals surface area contributed by atoms with Gasteiger partial charge in [-0.3, -0.25) is 14.5 Å². The number of nitrogens with zero attached hydrogens (tertiary/aromatic N) is 1. The summed E-state index contributed by atoms with van der Waals surface area (Å²) in [7, 11) is 0. The van der Waals surface area contributed by atoms with Gasteiger partial charge in [0.2, 0.25) is 0 Å². The van der Waals surface area contributed by atoms with E-state index in [4.69, 9.17) is 11.6 Å². The van der Waals surface area contributed by atoms with Gasteiger partial charge in [0.05, 0.1) is 6.54 Å². The molecule has 28 heavy (non-hydrogen) atoms. The van der Waals surface area contributed by atoms with Crippen LogP contribution in [0.1, 0.15) is 54.6 Å². The molecule has 1 N–H and O–H groups in total. The standard InChI is InChI=1S/C22H23ClN2O3/c1-4-14(2)15-5-7-16(8-6-15)19(26)13-25-20(27)22(3,24-21(25)28)17-9-11-18(23)12-10-17/h5-12,14H,4,13H2,1-3H3,(H,24,28). The first kappa shape index (κ1) is 20.1. The van der Waals surface area contributed by atoms with Gasteiger partial charge in [0, 0.05) is 10.6 Å². The highest BCUT2D eigenvalue weighted by atomic mass is 35.5. The van der Waals surface area contributed by atoms with Crippen LogP contribution < -0.4 is 5.32 Å². The number of hydrogen-bond donors (Lipinski definition) is 1. The van der Waals surface area contributed by atoms with Gasteiger partial charge in [-0.25, -0.2) is 4.79 Å². The van der Waals surface area contributed by atoms with Gasteiger partial charge in [0.25, 0.3) is 5.91 Å². The fourth-order valence-electron chi connectivity index (χ4n) is 3.29. The molecule has 6 heteroatoms. The Bertz CT molecular complexity index is 908. The van der Waals surface area contributed by atoms with E-state index in [-0.39, 0.29) is 12.3 Å². The van der Waals surface area contributed by atoms with Crippen LogP contribution in [-0.2, 0) is 10.3 Å². The van der Waals surface area contributed by atoms with Crippen LogP contribution in [0.5, 0.6) is 0 Å². The van der Waals surface area contributed by atoms with Gasteiger partial charge in [-0.05, 0) is 42.5 Å². The maximum Gasteiger partial charge on any atom is 0.325 e. The second-order valence-electron chi connectivity index (χ2n) is 7.31. The summed E-state index contributed by atoms with van der Waals surface area (Å²) in [5, 5.41) is 3.24. The highest BCUT2D eigenvalue weighted by molar-refractivity contribution is 6.30. The predicted molar refractivity (Wildman–Crippen MR) is 109 cm³/mol. The zero-order chi connectivity index (χ0) is 20.5. The molecule has 1 fully saturated rings. The smallest absolute Gasteiger partial charge is 0.319 e. The summed E-state index contributed by atoms with van der Waals surface area (Å²) in [6.07, 6.45) is 1.01. The molecular formula is C22H23ClN2O3. The van der Waals surface area contributed by atoms with E-state index >= 15 is 0 Å². The molecule has 0 aromatic heterocycles. The van der Waals surface area contributed by atoms with E-state index < -0.39 is 17.5 Å². The Hall–Kier alpha value is -2.66. The van der Waals surface area contributed by atoms with Crippen LogP contribution >= 0.6 is 11.6 Å². The van der Waals surface area contributed by atoms with E-state index in [0.717, 1.165) is 16.9 Å². The number of ketones is 1. The average molecular weight is 399 g/mol. The topological polar surface area (TPSA) is 66.5 Å². The summed E-state index contributed by atoms with van der Waals surface area (Å²) in [5.74, 6) is -0.320. The average Bonchev–Trinajstić information content (AvgIpc) is 2.91. The lowest BCUT2D eigenvalue weighted by molar-refractivity contribution is -0.130. The molecule has 2 atom stereocenters. The Kier molecular flexibility index (Phi) is 5.57. The molecule has 0 radical (unpaired) electrons. The van der Waals surface area contributed by atoms with E-state index in [2.05, 4.69) is 19.2 Å². The van der Waals surface area contributed by atoms with Crippen LogP contribution in [0, 0.1) is 0 Å². The monoisotopic (exact) mass is 398 g/mol. The fraction of sp³-hybridized carbons (Fsp3) is 0.318. The Morgan fingerprint density at radius 2 is 1.71 bits per heavy atom. The molecule has 146 valence electrons. The number of imide groups is 1. The minimum absolute atomic E-state index is 0.278. The van der Waals surface area contributed by atoms with E-state index in [9.17, 15) is 14.4 Å². The molecule has 2 aromatic carbocycles. The van der Waals surface area contributed by atoms with Crippen molar-refractivity contribution in [2.45, 2.75) is 38.6 Å². The number of halogens is 1. The van der Waals surface area contributed by atoms with E-state index in [1.165, 1.54) is 0 Å². The predicted octanol–water partition coefficient (Wildman–Crippen LogP) is 4.50. The fourth-order valence-corrected chi connectivity index (χ4v) is 3.41. The Morgan fingerprint density at radius 3 is 2.29 bits per heavy atom. The summed E-state index contributed by atoms with van der Waals surface area (Å²) < 4.78 is 0. The molecule has 3 amide bonds. The van der Waals surface area contributed by atoms with Crippen molar-refractivity contribution in [2.75, 3.05) is 6.54 Å². The zero-order valence-corrected chi connectivity index (χ0v) is 16.9. The molecule has 2 aromatic rings. The van der Waals surface area contributed by atoms with E-state index in [0.29, 0.717) is 22.1 Å². The van der Waals surface area contributed by atoms with Gasteiger partial charge in [0.15, 0.2) is 5.78 Å². The first-order chi connectivity index (χ1) is 13.3. The van der Waals surface area contributed by atoms with Gasteiger partial charge >= 0.3 is 6.03 Å². The van der Waals surface area contributed by atoms with Crippen molar-refractivity contribution in [2.24, 2.45) is 0 Å². The number of urea groups is 1. The first-order valence-corrected chi connectivity index (χ1v) is 9.67. The molecule has 0 aliphatic carbocycles. The highest BCUT2D eigenvalue weighted by Gasteiger charge is 2.49. The van der Waals surface area contributed by atoms with Gasteiger partial charge in [-0.15, -0.1) is 0 Å². The van der Waals surface area contributed by atoms with E-state index in [1.807, 2.05) is 12.1 Å². The van der Waals surface area contributed by atoms with Crippen LogP contribution in [-0.4, -0.2) is 29.2 Å². The Morgan fingerprint density at radius 1 is 1.11 bits per heavy atom. The number of rotatable bonds is 6. The van der Waals surface area contributed by atoms with Crippen molar-refractivity contribution in [3.63, 3.8) is 0 Å². The number of carbonyl (C=O) groups is 3. The number of Topliss-reactive ketones (excluding diaryl/α,β-unsaturated/α-hetero) is 1. The van der Waals surface area contributed by atoms with Gasteiger partial charge < -0.3 is 5.32 Å². The third-order valence-corrected chi connectivity index (χ3v) is 5.66. The summed E-state index contributed by atoms with van der Waals surface area (Å²) >= 11 is 5.91. The van der Waals surface area contributed by atoms with Crippen LogP contribution in [0.3, 0.4) is 0 Å². The molecule has 1 heterocycles. The number of benzene rings is 2. The zero-order valence-electron chi connectivity index (χ0n) is 16.2. The molecule has 1 saturated heterocycles. The number of nitrogens with one attached hydrogen (secondary N) is 1. The maximum atomic E-state index is 12.9. The minimum atomic E-state index is -1.22. The molecule has 0 bridgehead atoms. The lowest BCUT2D eigenvalue weighted by Gasteiger charge is -2.22. The second-order valence-corrected chi connectivity index (χ2v) is 7.74. The van der Waals surface area contributed by atoms with Gasteiger partial charge in [0.1, 0.15) is 5.54 Å². The van der Waals surface area contributed by atoms with Crippen molar-refractivity contribution in [1.29, 1.82) is 0 Å². The van der Waals surface area contributed by atoms with Crippen molar-refractivity contribution in [1.82, 2.24) is 10.2 Å². The van der Waals surface area contributed by atoms with Crippen LogP contribution in [0.4, 0.5) is 4.79 Å². The quantitative estimate of drug-likeness (QED) is 0.575. The molecule has 1 aliphatic heterocycles. The summed E-state index contributed by atoms with van der Waals surface area (Å²) in [4.78, 5) is 38.9. The third-order valence-electron chi connectivity index (χ3n) is 5.41. The highest BCUT2D eigenvalue weighted by Crippen LogP contribution is 2.30. The van der Waals surface area contributed by atoms with Crippen LogP contribution in [0.25, 0.3) is 0 Å². The SMILES string of the molecule is CCC(C)c1ccc(C(=O)CN2C(=O)NC(C)(c3ccc(Cl)cc3)C2=O)cc1. The second kappa shape index (κ2) is 7.76. The number of carbonyl (C=O) groups excluding carboxylic acids is 3. The first-order valence-electron chi connectivity index (χ1n) is 9.29. The van der Waals surface area contributed by atoms with Gasteiger partial charge in [-0.1, -0.05) is 61.8 Å². The molecule has 1 aliphatic rings. The van der Waals surface area contributed by atoms with Crippen LogP contribution in [0.15, 0.2) is 48.5 Å². The largest absolute Gasteiger partial charge is 0.325 e. The number of amides is 3. The molecule has 2 unspecified atom stereocenters. The summed E-state index contributed by atoms with van der Waals surface area (Å²) in [6.45, 7) is 5.57. The lowest BCUT2D eigenvalue weighted by atomic mass is 9.92. The normalized spacial score (nSPS) is 20.2. The summed E-state index contributed by atoms with van der Waals surface area (Å²) in [5.41, 5.74) is 1.03. The van der Waals surface area contributed by atoms with Crippen molar-refractivity contribution >= 4 is 29.3 Å². The van der Waals surface area contributed by atoms with Gasteiger partial charge in [-0.2, -0.15) is 0 Å². The van der Waals surface area contributed by atoms with Crippen molar-refractivity contribution in [3.05, 3.63) is 70.2 Å². The van der Waals surface area contributed by atoms with Crippen LogP contribution in [0.2, 0.25) is 5.02 Å². The Balaban J connectivity index is 1.77. The molecule has 0 spiro atoms. The van der Waals surface area contributed by atoms with Crippen molar-refractivity contribution < 1.29 is 14.4 Å². The van der Waals surface area contributed by atoms with Crippen molar-refractivity contribution in [3.8, 4) is 0 Å². The Labute approximate surface area is 169 Å². The number of hydrogen-bond acceptors (Lipinski definition) is 3. The lowest BCUT2D eigenvalue weighted by Crippen LogP contribution is -2.41. The summed E-state index contributed by atoms with van der Waals surface area (Å²) in [6, 6.07) is 13.5. The third kappa shape index (κ3) is 3.67. The minimum Gasteiger partial charge on any atom is -0.319 e. The molecule has 3 rings (SSSR count). The van der Waals surface area contributed by atoms with E-state index in [1.54, 1.807) is 43.3 Å².